The first-order valence-corrected chi connectivity index (χ1v) is 12.2. The number of carbonyl (C=O) groups excluding carboxylic acids is 1. The van der Waals surface area contributed by atoms with E-state index in [1.54, 1.807) is 24.3 Å². The topological polar surface area (TPSA) is 62.1 Å². The number of carbonyl (C=O) groups is 1. The highest BCUT2D eigenvalue weighted by atomic mass is 127. The lowest BCUT2D eigenvalue weighted by molar-refractivity contribution is -0.112. The van der Waals surface area contributed by atoms with E-state index < -0.39 is 5.91 Å². The lowest BCUT2D eigenvalue weighted by Crippen LogP contribution is -2.13. The number of amides is 1. The lowest BCUT2D eigenvalue weighted by atomic mass is 10.1. The molecule has 3 aromatic rings. The normalized spacial score (nSPS) is 11.1. The Morgan fingerprint density at radius 3 is 2.41 bits per heavy atom. The SMILES string of the molecule is Cc1ccc(NC(=O)/C(C#N)=C\c2cc(I)c(OCc3ccccc3Cl)c(I)c2)cc1Cl. The van der Waals surface area contributed by atoms with E-state index in [9.17, 15) is 10.1 Å². The van der Waals surface area contributed by atoms with Gasteiger partial charge in [0.05, 0.1) is 7.14 Å². The van der Waals surface area contributed by atoms with Crippen molar-refractivity contribution in [3.8, 4) is 11.8 Å². The molecule has 3 aromatic carbocycles. The van der Waals surface area contributed by atoms with Crippen LogP contribution in [0.25, 0.3) is 6.08 Å². The van der Waals surface area contributed by atoms with E-state index in [0.29, 0.717) is 22.3 Å². The molecule has 32 heavy (non-hydrogen) atoms. The van der Waals surface area contributed by atoms with Gasteiger partial charge in [-0.15, -0.1) is 0 Å². The first-order chi connectivity index (χ1) is 15.3. The Bertz CT molecular complexity index is 1230. The Morgan fingerprint density at radius 1 is 1.09 bits per heavy atom. The highest BCUT2D eigenvalue weighted by molar-refractivity contribution is 14.1. The molecule has 0 aromatic heterocycles. The average Bonchev–Trinajstić information content (AvgIpc) is 2.75. The zero-order valence-electron chi connectivity index (χ0n) is 16.8. The number of anilines is 1. The van der Waals surface area contributed by atoms with Gasteiger partial charge in [-0.2, -0.15) is 5.26 Å². The van der Waals surface area contributed by atoms with Crippen molar-refractivity contribution in [1.29, 1.82) is 5.26 Å². The van der Waals surface area contributed by atoms with E-state index in [0.717, 1.165) is 29.6 Å². The fourth-order valence-corrected chi connectivity index (χ4v) is 5.25. The van der Waals surface area contributed by atoms with Gasteiger partial charge in [-0.05, 0) is 99.6 Å². The largest absolute Gasteiger partial charge is 0.487 e. The van der Waals surface area contributed by atoms with Crippen LogP contribution in [0, 0.1) is 25.4 Å². The molecule has 0 atom stereocenters. The summed E-state index contributed by atoms with van der Waals surface area (Å²) in [5.74, 6) is 0.219. The standard InChI is InChI=1S/C24H16Cl2I2N2O2/c1-14-6-7-18(11-20(14)26)30-24(31)17(12-29)8-15-9-21(27)23(22(28)10-15)32-13-16-4-2-3-5-19(16)25/h2-11H,13H2,1H3,(H,30,31)/b17-8-. The number of aryl methyl sites for hydroxylation is 1. The van der Waals surface area contributed by atoms with Crippen LogP contribution >= 0.6 is 68.4 Å². The summed E-state index contributed by atoms with van der Waals surface area (Å²) in [4.78, 5) is 12.6. The molecule has 0 unspecified atom stereocenters. The summed E-state index contributed by atoms with van der Waals surface area (Å²) in [5.41, 5.74) is 3.03. The van der Waals surface area contributed by atoms with Crippen molar-refractivity contribution in [2.75, 3.05) is 5.32 Å². The number of hydrogen-bond donors (Lipinski definition) is 1. The van der Waals surface area contributed by atoms with Gasteiger partial charge in [0.1, 0.15) is 24.0 Å². The average molecular weight is 689 g/mol. The number of halogens is 4. The van der Waals surface area contributed by atoms with Crippen LogP contribution in [0.15, 0.2) is 60.2 Å². The van der Waals surface area contributed by atoms with E-state index in [1.165, 1.54) is 0 Å². The van der Waals surface area contributed by atoms with Gasteiger partial charge in [0.25, 0.3) is 5.91 Å². The fraction of sp³-hybridized carbons (Fsp3) is 0.0833. The fourth-order valence-electron chi connectivity index (χ4n) is 2.75. The maximum atomic E-state index is 12.6. The summed E-state index contributed by atoms with van der Waals surface area (Å²) < 4.78 is 7.71. The summed E-state index contributed by atoms with van der Waals surface area (Å²) in [7, 11) is 0. The Kier molecular flexibility index (Phi) is 8.82. The molecule has 0 bridgehead atoms. The van der Waals surface area contributed by atoms with Gasteiger partial charge >= 0.3 is 0 Å². The van der Waals surface area contributed by atoms with Crippen LogP contribution in [0.2, 0.25) is 10.0 Å². The van der Waals surface area contributed by atoms with Gasteiger partial charge in [0.15, 0.2) is 0 Å². The van der Waals surface area contributed by atoms with Gasteiger partial charge in [0.2, 0.25) is 0 Å². The minimum absolute atomic E-state index is 0.0157. The molecule has 0 heterocycles. The molecule has 1 amide bonds. The minimum Gasteiger partial charge on any atom is -0.487 e. The minimum atomic E-state index is -0.503. The van der Waals surface area contributed by atoms with Crippen molar-refractivity contribution in [2.45, 2.75) is 13.5 Å². The maximum Gasteiger partial charge on any atom is 0.266 e. The molecule has 0 fully saturated rings. The van der Waals surface area contributed by atoms with Crippen molar-refractivity contribution < 1.29 is 9.53 Å². The molecular formula is C24H16Cl2I2N2O2. The number of benzene rings is 3. The molecule has 0 aliphatic carbocycles. The van der Waals surface area contributed by atoms with Crippen LogP contribution in [0.1, 0.15) is 16.7 Å². The molecule has 0 radical (unpaired) electrons. The Balaban J connectivity index is 1.78. The molecule has 0 saturated carbocycles. The predicted octanol–water partition coefficient (Wildman–Crippen LogP) is 7.64. The monoisotopic (exact) mass is 688 g/mol. The zero-order chi connectivity index (χ0) is 23.3. The Morgan fingerprint density at radius 2 is 1.78 bits per heavy atom. The summed E-state index contributed by atoms with van der Waals surface area (Å²) in [5, 5.41) is 13.4. The molecule has 4 nitrogen and oxygen atoms in total. The van der Waals surface area contributed by atoms with Crippen molar-refractivity contribution in [2.24, 2.45) is 0 Å². The molecule has 0 aliphatic rings. The van der Waals surface area contributed by atoms with Crippen molar-refractivity contribution in [3.05, 3.63) is 94.0 Å². The van der Waals surface area contributed by atoms with Crippen molar-refractivity contribution in [3.63, 3.8) is 0 Å². The summed E-state index contributed by atoms with van der Waals surface area (Å²) >= 11 is 16.7. The molecule has 162 valence electrons. The second-order valence-electron chi connectivity index (χ2n) is 6.78. The Labute approximate surface area is 223 Å². The molecule has 0 aliphatic heterocycles. The van der Waals surface area contributed by atoms with Gasteiger partial charge in [-0.3, -0.25) is 4.79 Å². The summed E-state index contributed by atoms with van der Waals surface area (Å²) in [6.45, 7) is 2.21. The van der Waals surface area contributed by atoms with Gasteiger partial charge in [-0.25, -0.2) is 0 Å². The van der Waals surface area contributed by atoms with E-state index in [-0.39, 0.29) is 5.57 Å². The third kappa shape index (κ3) is 6.38. The quantitative estimate of drug-likeness (QED) is 0.165. The third-order valence-electron chi connectivity index (χ3n) is 4.46. The smallest absolute Gasteiger partial charge is 0.266 e. The molecule has 0 spiro atoms. The van der Waals surface area contributed by atoms with E-state index in [1.807, 2.05) is 49.4 Å². The summed E-state index contributed by atoms with van der Waals surface area (Å²) in [6, 6.07) is 18.4. The number of hydrogen-bond acceptors (Lipinski definition) is 3. The van der Waals surface area contributed by atoms with Crippen LogP contribution < -0.4 is 10.1 Å². The highest BCUT2D eigenvalue weighted by Gasteiger charge is 2.13. The molecule has 1 N–H and O–H groups in total. The lowest BCUT2D eigenvalue weighted by Gasteiger charge is -2.12. The predicted molar refractivity (Wildman–Crippen MR) is 146 cm³/mol. The number of nitrogens with one attached hydrogen (secondary N) is 1. The zero-order valence-corrected chi connectivity index (χ0v) is 22.6. The van der Waals surface area contributed by atoms with Crippen LogP contribution in [0.3, 0.4) is 0 Å². The van der Waals surface area contributed by atoms with Crippen molar-refractivity contribution in [1.82, 2.24) is 0 Å². The second kappa shape index (κ2) is 11.4. The van der Waals surface area contributed by atoms with Gasteiger partial charge in [0, 0.05) is 21.3 Å². The summed E-state index contributed by atoms with van der Waals surface area (Å²) in [6.07, 6.45) is 1.55. The van der Waals surface area contributed by atoms with Crippen LogP contribution in [0.4, 0.5) is 5.69 Å². The van der Waals surface area contributed by atoms with Crippen LogP contribution in [0.5, 0.6) is 5.75 Å². The van der Waals surface area contributed by atoms with E-state index in [4.69, 9.17) is 27.9 Å². The van der Waals surface area contributed by atoms with Crippen LogP contribution in [-0.4, -0.2) is 5.91 Å². The van der Waals surface area contributed by atoms with Gasteiger partial charge < -0.3 is 10.1 Å². The number of nitriles is 1. The van der Waals surface area contributed by atoms with Crippen molar-refractivity contribution >= 4 is 86.1 Å². The first kappa shape index (κ1) is 24.8. The molecule has 8 heteroatoms. The molecule has 0 saturated heterocycles. The number of ether oxygens (including phenoxy) is 1. The maximum absolute atomic E-state index is 12.6. The Hall–Kier alpha value is -1.80. The van der Waals surface area contributed by atoms with E-state index in [2.05, 4.69) is 50.5 Å². The van der Waals surface area contributed by atoms with E-state index >= 15 is 0 Å². The molecular weight excluding hydrogens is 673 g/mol. The number of nitrogens with zero attached hydrogens (tertiary/aromatic N) is 1. The highest BCUT2D eigenvalue weighted by Crippen LogP contribution is 2.31. The first-order valence-electron chi connectivity index (χ1n) is 9.33. The third-order valence-corrected chi connectivity index (χ3v) is 6.83. The van der Waals surface area contributed by atoms with Gasteiger partial charge in [-0.1, -0.05) is 47.5 Å². The second-order valence-corrected chi connectivity index (χ2v) is 9.92. The molecule has 3 rings (SSSR count). The number of rotatable bonds is 6. The van der Waals surface area contributed by atoms with Crippen LogP contribution in [-0.2, 0) is 11.4 Å².